The van der Waals surface area contributed by atoms with Crippen LogP contribution in [-0.4, -0.2) is 31.9 Å². The fourth-order valence-electron chi connectivity index (χ4n) is 2.23. The number of carbonyl (C=O) groups excluding carboxylic acids is 3. The fourth-order valence-corrected chi connectivity index (χ4v) is 2.23. The van der Waals surface area contributed by atoms with Gasteiger partial charge in [0.25, 0.3) is 0 Å². The molecule has 0 heterocycles. The molecule has 0 fully saturated rings. The molecule has 0 radical (unpaired) electrons. The molecule has 0 saturated heterocycles. The highest BCUT2D eigenvalue weighted by Crippen LogP contribution is 2.17. The molecule has 0 amide bonds. The number of rotatable bonds is 6. The van der Waals surface area contributed by atoms with Crippen LogP contribution in [-0.2, 0) is 23.9 Å². The van der Waals surface area contributed by atoms with Crippen molar-refractivity contribution in [1.82, 2.24) is 0 Å². The standard InChI is InChI=1S/C21H18O5/c1-25-20(23)17(13-15-9-5-3-6-10-15)19(22)18(21(24)26-2)14-16-11-7-4-8-12-16/h3-14H,1-2H3. The molecule has 0 saturated carbocycles. The molecule has 0 N–H and O–H groups in total. The first-order chi connectivity index (χ1) is 12.6. The Hall–Kier alpha value is -3.47. The molecule has 5 heteroatoms. The maximum Gasteiger partial charge on any atom is 0.341 e. The fraction of sp³-hybridized carbons (Fsp3) is 0.0952. The van der Waals surface area contributed by atoms with Crippen LogP contribution in [0.3, 0.4) is 0 Å². The van der Waals surface area contributed by atoms with Crippen LogP contribution < -0.4 is 0 Å². The number of Topliss-reactive ketones (excluding diaryl/α,β-unsaturated/α-hetero) is 1. The number of ketones is 1. The molecule has 2 aromatic rings. The zero-order valence-electron chi connectivity index (χ0n) is 14.5. The molecule has 132 valence electrons. The Bertz CT molecular complexity index is 777. The van der Waals surface area contributed by atoms with E-state index in [1.807, 2.05) is 12.1 Å². The van der Waals surface area contributed by atoms with Gasteiger partial charge in [-0.2, -0.15) is 0 Å². The largest absolute Gasteiger partial charge is 0.465 e. The Morgan fingerprint density at radius 2 is 1.00 bits per heavy atom. The molecule has 0 aliphatic rings. The second-order valence-electron chi connectivity index (χ2n) is 5.25. The Kier molecular flexibility index (Phi) is 6.62. The second kappa shape index (κ2) is 9.13. The SMILES string of the molecule is COC(=O)C(=Cc1ccccc1)C(=O)C(=Cc1ccccc1)C(=O)OC. The van der Waals surface area contributed by atoms with E-state index < -0.39 is 17.7 Å². The minimum atomic E-state index is -0.832. The van der Waals surface area contributed by atoms with Gasteiger partial charge in [0.15, 0.2) is 0 Å². The molecular formula is C21H18O5. The summed E-state index contributed by atoms with van der Waals surface area (Å²) in [5, 5.41) is 0. The van der Waals surface area contributed by atoms with Gasteiger partial charge in [-0.1, -0.05) is 60.7 Å². The van der Waals surface area contributed by atoms with Crippen LogP contribution in [0.25, 0.3) is 12.2 Å². The van der Waals surface area contributed by atoms with E-state index in [0.29, 0.717) is 11.1 Å². The lowest BCUT2D eigenvalue weighted by atomic mass is 9.99. The van der Waals surface area contributed by atoms with E-state index in [0.717, 1.165) is 0 Å². The predicted octanol–water partition coefficient (Wildman–Crippen LogP) is 3.07. The molecule has 0 bridgehead atoms. The third kappa shape index (κ3) is 4.77. The van der Waals surface area contributed by atoms with Gasteiger partial charge in [-0.05, 0) is 23.3 Å². The van der Waals surface area contributed by atoms with Gasteiger partial charge in [0.1, 0.15) is 11.1 Å². The van der Waals surface area contributed by atoms with Crippen LogP contribution in [0.1, 0.15) is 11.1 Å². The van der Waals surface area contributed by atoms with Gasteiger partial charge in [-0.25, -0.2) is 9.59 Å². The molecule has 0 spiro atoms. The summed E-state index contributed by atoms with van der Waals surface area (Å²) in [6, 6.07) is 17.6. The zero-order chi connectivity index (χ0) is 18.9. The number of carbonyl (C=O) groups is 3. The van der Waals surface area contributed by atoms with Gasteiger partial charge in [-0.3, -0.25) is 4.79 Å². The van der Waals surface area contributed by atoms with Crippen LogP contribution in [0, 0.1) is 0 Å². The first kappa shape index (κ1) is 18.9. The lowest BCUT2D eigenvalue weighted by Crippen LogP contribution is -2.21. The van der Waals surface area contributed by atoms with Crippen molar-refractivity contribution < 1.29 is 23.9 Å². The van der Waals surface area contributed by atoms with Crippen molar-refractivity contribution in [3.8, 4) is 0 Å². The molecule has 0 unspecified atom stereocenters. The molecule has 2 aromatic carbocycles. The molecule has 0 atom stereocenters. The molecular weight excluding hydrogens is 332 g/mol. The highest BCUT2D eigenvalue weighted by Gasteiger charge is 2.27. The number of hydrogen-bond acceptors (Lipinski definition) is 5. The van der Waals surface area contributed by atoms with Crippen molar-refractivity contribution in [2.75, 3.05) is 14.2 Å². The van der Waals surface area contributed by atoms with Crippen molar-refractivity contribution >= 4 is 29.9 Å². The highest BCUT2D eigenvalue weighted by molar-refractivity contribution is 6.35. The van der Waals surface area contributed by atoms with Gasteiger partial charge in [-0.15, -0.1) is 0 Å². The summed E-state index contributed by atoms with van der Waals surface area (Å²) < 4.78 is 9.42. The topological polar surface area (TPSA) is 69.7 Å². The van der Waals surface area contributed by atoms with Crippen molar-refractivity contribution in [3.63, 3.8) is 0 Å². The molecule has 0 aliphatic carbocycles. The van der Waals surface area contributed by atoms with E-state index in [4.69, 9.17) is 9.47 Å². The lowest BCUT2D eigenvalue weighted by molar-refractivity contribution is -0.138. The summed E-state index contributed by atoms with van der Waals surface area (Å²) in [5.41, 5.74) is 0.743. The van der Waals surface area contributed by atoms with Crippen molar-refractivity contribution in [2.24, 2.45) is 0 Å². The van der Waals surface area contributed by atoms with Gasteiger partial charge in [0.05, 0.1) is 14.2 Å². The molecule has 0 aromatic heterocycles. The van der Waals surface area contributed by atoms with E-state index in [1.165, 1.54) is 26.4 Å². The van der Waals surface area contributed by atoms with E-state index in [-0.39, 0.29) is 11.1 Å². The van der Waals surface area contributed by atoms with E-state index in [9.17, 15) is 14.4 Å². The van der Waals surface area contributed by atoms with Gasteiger partial charge in [0.2, 0.25) is 5.78 Å². The summed E-state index contributed by atoms with van der Waals surface area (Å²) in [5.74, 6) is -2.43. The number of ether oxygens (including phenoxy) is 2. The van der Waals surface area contributed by atoms with Gasteiger partial charge >= 0.3 is 11.9 Å². The smallest absolute Gasteiger partial charge is 0.341 e. The monoisotopic (exact) mass is 350 g/mol. The highest BCUT2D eigenvalue weighted by atomic mass is 16.5. The summed E-state index contributed by atoms with van der Waals surface area (Å²) >= 11 is 0. The normalized spacial score (nSPS) is 11.6. The van der Waals surface area contributed by atoms with Crippen molar-refractivity contribution in [3.05, 3.63) is 82.9 Å². The van der Waals surface area contributed by atoms with Gasteiger partial charge in [0, 0.05) is 0 Å². The van der Waals surface area contributed by atoms with Crippen molar-refractivity contribution in [1.29, 1.82) is 0 Å². The van der Waals surface area contributed by atoms with Crippen LogP contribution >= 0.6 is 0 Å². The third-order valence-corrected chi connectivity index (χ3v) is 3.52. The Labute approximate surface area is 151 Å². The maximum absolute atomic E-state index is 12.9. The van der Waals surface area contributed by atoms with Crippen LogP contribution in [0.2, 0.25) is 0 Å². The minimum Gasteiger partial charge on any atom is -0.465 e. The molecule has 0 aliphatic heterocycles. The average molecular weight is 350 g/mol. The lowest BCUT2D eigenvalue weighted by Gasteiger charge is -2.08. The maximum atomic E-state index is 12.9. The summed E-state index contributed by atoms with van der Waals surface area (Å²) in [4.78, 5) is 37.2. The zero-order valence-corrected chi connectivity index (χ0v) is 14.5. The van der Waals surface area contributed by atoms with Crippen LogP contribution in [0.5, 0.6) is 0 Å². The summed E-state index contributed by atoms with van der Waals surface area (Å²) in [6.45, 7) is 0. The van der Waals surface area contributed by atoms with Crippen LogP contribution in [0.4, 0.5) is 0 Å². The molecule has 26 heavy (non-hydrogen) atoms. The number of esters is 2. The second-order valence-corrected chi connectivity index (χ2v) is 5.25. The van der Waals surface area contributed by atoms with E-state index in [1.54, 1.807) is 48.5 Å². The first-order valence-corrected chi connectivity index (χ1v) is 7.81. The Morgan fingerprint density at radius 1 is 0.654 bits per heavy atom. The van der Waals surface area contributed by atoms with E-state index in [2.05, 4.69) is 0 Å². The third-order valence-electron chi connectivity index (χ3n) is 3.52. The van der Waals surface area contributed by atoms with Crippen molar-refractivity contribution in [2.45, 2.75) is 0 Å². The number of hydrogen-bond donors (Lipinski definition) is 0. The summed E-state index contributed by atoms with van der Waals surface area (Å²) in [6.07, 6.45) is 2.77. The number of benzene rings is 2. The quantitative estimate of drug-likeness (QED) is 0.347. The molecule has 2 rings (SSSR count). The van der Waals surface area contributed by atoms with Crippen LogP contribution in [0.15, 0.2) is 71.8 Å². The van der Waals surface area contributed by atoms with Gasteiger partial charge < -0.3 is 9.47 Å². The first-order valence-electron chi connectivity index (χ1n) is 7.81. The minimum absolute atomic E-state index is 0.258. The number of methoxy groups -OCH3 is 2. The summed E-state index contributed by atoms with van der Waals surface area (Å²) in [7, 11) is 2.35. The average Bonchev–Trinajstić information content (AvgIpc) is 2.70. The Morgan fingerprint density at radius 3 is 1.31 bits per heavy atom. The molecule has 5 nitrogen and oxygen atoms in total. The van der Waals surface area contributed by atoms with E-state index >= 15 is 0 Å². The Balaban J connectivity index is 2.52. The predicted molar refractivity (Wildman–Crippen MR) is 97.9 cm³/mol.